The number of nitrogens with one attached hydrogen (secondary N) is 1. The van der Waals surface area contributed by atoms with Gasteiger partial charge in [0.05, 0.1) is 13.2 Å². The van der Waals surface area contributed by atoms with Gasteiger partial charge in [0, 0.05) is 43.3 Å². The zero-order valence-corrected chi connectivity index (χ0v) is 21.7. The zero-order chi connectivity index (χ0) is 26.1. The molecule has 1 fully saturated rings. The van der Waals surface area contributed by atoms with Gasteiger partial charge in [0.15, 0.2) is 6.61 Å². The van der Waals surface area contributed by atoms with Gasteiger partial charge in [-0.1, -0.05) is 26.0 Å². The number of morpholine rings is 1. The Morgan fingerprint density at radius 1 is 1.19 bits per heavy atom. The van der Waals surface area contributed by atoms with E-state index in [1.807, 2.05) is 50.2 Å². The van der Waals surface area contributed by atoms with E-state index < -0.39 is 18.5 Å². The highest BCUT2D eigenvalue weighted by Crippen LogP contribution is 2.20. The molecular weight excluding hydrogens is 456 g/mol. The molecule has 8 heteroatoms. The molecule has 0 unspecified atom stereocenters. The SMILES string of the molecule is Cc1cc(/C=C(/C#N)C(=O)OCC(=O)Nc2ccc(CN3CCOCC3)cc2)c(C)n1CCC(C)C. The number of nitrogens with zero attached hydrogens (tertiary/aromatic N) is 3. The van der Waals surface area contributed by atoms with Gasteiger partial charge in [-0.15, -0.1) is 0 Å². The summed E-state index contributed by atoms with van der Waals surface area (Å²) in [5, 5.41) is 12.2. The predicted octanol–water partition coefficient (Wildman–Crippen LogP) is 4.07. The first-order valence-corrected chi connectivity index (χ1v) is 12.4. The molecule has 192 valence electrons. The fourth-order valence-electron chi connectivity index (χ4n) is 4.11. The number of nitriles is 1. The monoisotopic (exact) mass is 492 g/mol. The van der Waals surface area contributed by atoms with E-state index in [9.17, 15) is 14.9 Å². The van der Waals surface area contributed by atoms with E-state index in [0.717, 1.165) is 68.3 Å². The number of hydrogen-bond donors (Lipinski definition) is 1. The summed E-state index contributed by atoms with van der Waals surface area (Å²) in [6.45, 7) is 12.9. The molecule has 0 bridgehead atoms. The normalized spacial score (nSPS) is 14.5. The molecule has 1 aromatic heterocycles. The van der Waals surface area contributed by atoms with E-state index in [1.54, 1.807) is 0 Å². The van der Waals surface area contributed by atoms with Crippen molar-refractivity contribution in [1.29, 1.82) is 5.26 Å². The molecule has 1 saturated heterocycles. The van der Waals surface area contributed by atoms with Crippen LogP contribution in [-0.4, -0.2) is 54.3 Å². The average molecular weight is 493 g/mol. The van der Waals surface area contributed by atoms with E-state index in [1.165, 1.54) is 6.08 Å². The van der Waals surface area contributed by atoms with Crippen molar-refractivity contribution in [2.75, 3.05) is 38.2 Å². The lowest BCUT2D eigenvalue weighted by Crippen LogP contribution is -2.35. The molecule has 2 aromatic rings. The highest BCUT2D eigenvalue weighted by molar-refractivity contribution is 6.00. The number of amides is 1. The first-order chi connectivity index (χ1) is 17.3. The largest absolute Gasteiger partial charge is 0.451 e. The van der Waals surface area contributed by atoms with Crippen LogP contribution in [0.25, 0.3) is 6.08 Å². The van der Waals surface area contributed by atoms with Gasteiger partial charge in [-0.2, -0.15) is 5.26 Å². The molecule has 0 saturated carbocycles. The molecule has 1 aliphatic rings. The van der Waals surface area contributed by atoms with Crippen molar-refractivity contribution in [3.8, 4) is 6.07 Å². The summed E-state index contributed by atoms with van der Waals surface area (Å²) >= 11 is 0. The van der Waals surface area contributed by atoms with Crippen molar-refractivity contribution in [3.05, 3.63) is 58.4 Å². The molecule has 1 aromatic carbocycles. The molecule has 36 heavy (non-hydrogen) atoms. The number of benzene rings is 1. The van der Waals surface area contributed by atoms with Crippen LogP contribution in [0.2, 0.25) is 0 Å². The number of hydrogen-bond acceptors (Lipinski definition) is 6. The fraction of sp³-hybridized carbons (Fsp3) is 0.464. The second-order valence-electron chi connectivity index (χ2n) is 9.54. The van der Waals surface area contributed by atoms with Crippen LogP contribution in [0.3, 0.4) is 0 Å². The lowest BCUT2D eigenvalue weighted by Gasteiger charge is -2.26. The molecule has 1 amide bonds. The Labute approximate surface area is 213 Å². The van der Waals surface area contributed by atoms with Crippen molar-refractivity contribution in [2.45, 2.75) is 47.2 Å². The van der Waals surface area contributed by atoms with E-state index >= 15 is 0 Å². The highest BCUT2D eigenvalue weighted by Gasteiger charge is 2.16. The molecule has 0 radical (unpaired) electrons. The minimum absolute atomic E-state index is 0.139. The van der Waals surface area contributed by atoms with Crippen LogP contribution in [0.4, 0.5) is 5.69 Å². The maximum atomic E-state index is 12.5. The average Bonchev–Trinajstić information content (AvgIpc) is 3.13. The van der Waals surface area contributed by atoms with Crippen molar-refractivity contribution in [3.63, 3.8) is 0 Å². The van der Waals surface area contributed by atoms with Crippen LogP contribution in [0.15, 0.2) is 35.9 Å². The van der Waals surface area contributed by atoms with Crippen molar-refractivity contribution in [1.82, 2.24) is 9.47 Å². The number of carbonyl (C=O) groups excluding carboxylic acids is 2. The Morgan fingerprint density at radius 2 is 1.89 bits per heavy atom. The Hall–Kier alpha value is -3.41. The molecule has 0 spiro atoms. The highest BCUT2D eigenvalue weighted by atomic mass is 16.5. The number of aromatic nitrogens is 1. The van der Waals surface area contributed by atoms with Crippen LogP contribution in [-0.2, 0) is 32.2 Å². The molecule has 2 heterocycles. The van der Waals surface area contributed by atoms with E-state index in [-0.39, 0.29) is 5.57 Å². The summed E-state index contributed by atoms with van der Waals surface area (Å²) in [6.07, 6.45) is 2.57. The van der Waals surface area contributed by atoms with E-state index in [4.69, 9.17) is 9.47 Å². The summed E-state index contributed by atoms with van der Waals surface area (Å²) in [6, 6.07) is 11.4. The number of aryl methyl sites for hydroxylation is 1. The second kappa shape index (κ2) is 13.1. The summed E-state index contributed by atoms with van der Waals surface area (Å²) in [5.74, 6) is -0.706. The summed E-state index contributed by atoms with van der Waals surface area (Å²) < 4.78 is 12.7. The van der Waals surface area contributed by atoms with Gasteiger partial charge in [-0.25, -0.2) is 4.79 Å². The van der Waals surface area contributed by atoms with Crippen molar-refractivity contribution in [2.24, 2.45) is 5.92 Å². The topological polar surface area (TPSA) is 96.6 Å². The molecule has 8 nitrogen and oxygen atoms in total. The lowest BCUT2D eigenvalue weighted by molar-refractivity contribution is -0.142. The quantitative estimate of drug-likeness (QED) is 0.305. The third-order valence-corrected chi connectivity index (χ3v) is 6.26. The third kappa shape index (κ3) is 7.80. The van der Waals surface area contributed by atoms with Crippen LogP contribution < -0.4 is 5.32 Å². The minimum atomic E-state index is -0.819. The van der Waals surface area contributed by atoms with Gasteiger partial charge in [0.1, 0.15) is 11.6 Å². The van der Waals surface area contributed by atoms with E-state index in [2.05, 4.69) is 28.6 Å². The van der Waals surface area contributed by atoms with Crippen LogP contribution in [0, 0.1) is 31.1 Å². The molecule has 0 atom stereocenters. The number of rotatable bonds is 10. The minimum Gasteiger partial charge on any atom is -0.451 e. The summed E-state index contributed by atoms with van der Waals surface area (Å²) in [5.41, 5.74) is 4.48. The Bertz CT molecular complexity index is 1120. The third-order valence-electron chi connectivity index (χ3n) is 6.26. The first kappa shape index (κ1) is 27.2. The molecule has 3 rings (SSSR count). The molecular formula is C28H36N4O4. The maximum Gasteiger partial charge on any atom is 0.349 e. The van der Waals surface area contributed by atoms with Gasteiger partial charge >= 0.3 is 5.97 Å². The van der Waals surface area contributed by atoms with E-state index in [0.29, 0.717) is 11.6 Å². The number of anilines is 1. The standard InChI is InChI=1S/C28H36N4O4/c1-20(2)9-10-32-21(3)15-24(22(32)4)16-25(17-29)28(34)36-19-27(33)30-26-7-5-23(6-8-26)18-31-11-13-35-14-12-31/h5-8,15-16,20H,9-14,18-19H2,1-4H3,(H,30,33)/b25-16-. The van der Waals surface area contributed by atoms with Gasteiger partial charge in [0.2, 0.25) is 0 Å². The zero-order valence-electron chi connectivity index (χ0n) is 21.7. The van der Waals surface area contributed by atoms with Crippen LogP contribution in [0.1, 0.15) is 42.8 Å². The Morgan fingerprint density at radius 3 is 2.53 bits per heavy atom. The van der Waals surface area contributed by atoms with Gasteiger partial charge in [0.25, 0.3) is 5.91 Å². The lowest BCUT2D eigenvalue weighted by atomic mass is 10.1. The fourth-order valence-corrected chi connectivity index (χ4v) is 4.11. The van der Waals surface area contributed by atoms with Gasteiger partial charge in [-0.05, 0) is 61.6 Å². The Kier molecular flexibility index (Phi) is 9.86. The van der Waals surface area contributed by atoms with Crippen LogP contribution in [0.5, 0.6) is 0 Å². The van der Waals surface area contributed by atoms with Crippen LogP contribution >= 0.6 is 0 Å². The Balaban J connectivity index is 1.53. The van der Waals surface area contributed by atoms with Crippen molar-refractivity contribution >= 4 is 23.6 Å². The smallest absolute Gasteiger partial charge is 0.349 e. The molecule has 0 aliphatic carbocycles. The molecule has 1 N–H and O–H groups in total. The van der Waals surface area contributed by atoms with Crippen molar-refractivity contribution < 1.29 is 19.1 Å². The number of esters is 1. The second-order valence-corrected chi connectivity index (χ2v) is 9.54. The predicted molar refractivity (Wildman–Crippen MR) is 139 cm³/mol. The number of carbonyl (C=O) groups is 2. The molecule has 1 aliphatic heterocycles. The maximum absolute atomic E-state index is 12.5. The number of ether oxygens (including phenoxy) is 2. The summed E-state index contributed by atoms with van der Waals surface area (Å²) in [4.78, 5) is 27.1. The van der Waals surface area contributed by atoms with Gasteiger partial charge in [-0.3, -0.25) is 9.69 Å². The first-order valence-electron chi connectivity index (χ1n) is 12.4. The van der Waals surface area contributed by atoms with Gasteiger partial charge < -0.3 is 19.4 Å². The summed E-state index contributed by atoms with van der Waals surface area (Å²) in [7, 11) is 0.